The number of aromatic nitrogens is 2. The molecule has 20 heavy (non-hydrogen) atoms. The van der Waals surface area contributed by atoms with Crippen molar-refractivity contribution in [2.45, 2.75) is 24.5 Å². The van der Waals surface area contributed by atoms with Gasteiger partial charge in [-0.25, -0.2) is 4.98 Å². The van der Waals surface area contributed by atoms with Crippen LogP contribution < -0.4 is 0 Å². The molecule has 0 radical (unpaired) electrons. The van der Waals surface area contributed by atoms with E-state index < -0.39 is 5.97 Å². The molecule has 0 aliphatic carbocycles. The van der Waals surface area contributed by atoms with E-state index in [1.807, 2.05) is 24.3 Å². The lowest BCUT2D eigenvalue weighted by Gasteiger charge is -2.28. The Morgan fingerprint density at radius 1 is 1.45 bits per heavy atom. The Morgan fingerprint density at radius 3 is 2.80 bits per heavy atom. The fourth-order valence-electron chi connectivity index (χ4n) is 2.23. The van der Waals surface area contributed by atoms with E-state index in [4.69, 9.17) is 9.84 Å². The fraction of sp³-hybridized carbons (Fsp3) is 0.429. The topological polar surface area (TPSA) is 64.3 Å². The molecule has 0 atom stereocenters. The predicted octanol–water partition coefficient (Wildman–Crippen LogP) is 2.59. The standard InChI is InChI=1S/C14H18N2O3S/c1-14(2,9-19-3)16-11-7-5-4-6-10(11)15-13(16)20-8-12(17)18/h4-7H,8-9H2,1-3H3,(H,17,18). The summed E-state index contributed by atoms with van der Waals surface area (Å²) < 4.78 is 7.34. The van der Waals surface area contributed by atoms with Crippen LogP contribution in [-0.2, 0) is 15.1 Å². The highest BCUT2D eigenvalue weighted by Gasteiger charge is 2.26. The first-order valence-corrected chi connectivity index (χ1v) is 7.26. The summed E-state index contributed by atoms with van der Waals surface area (Å²) in [6.45, 7) is 4.62. The van der Waals surface area contributed by atoms with Gasteiger partial charge in [-0.05, 0) is 26.0 Å². The van der Waals surface area contributed by atoms with Crippen molar-refractivity contribution >= 4 is 28.8 Å². The lowest BCUT2D eigenvalue weighted by molar-refractivity contribution is -0.133. The second kappa shape index (κ2) is 5.85. The second-order valence-corrected chi connectivity index (χ2v) is 6.09. The Hall–Kier alpha value is -1.53. The lowest BCUT2D eigenvalue weighted by atomic mass is 10.1. The maximum absolute atomic E-state index is 10.8. The molecule has 1 heterocycles. The SMILES string of the molecule is COCC(C)(C)n1c(SCC(=O)O)nc2ccccc21. The van der Waals surface area contributed by atoms with Gasteiger partial charge < -0.3 is 14.4 Å². The van der Waals surface area contributed by atoms with Gasteiger partial charge in [0.25, 0.3) is 0 Å². The quantitative estimate of drug-likeness (QED) is 0.830. The van der Waals surface area contributed by atoms with Crippen molar-refractivity contribution in [1.29, 1.82) is 0 Å². The average molecular weight is 294 g/mol. The maximum atomic E-state index is 10.8. The van der Waals surface area contributed by atoms with Crippen LogP contribution in [0.2, 0.25) is 0 Å². The van der Waals surface area contributed by atoms with Gasteiger partial charge in [0.15, 0.2) is 5.16 Å². The molecule has 5 nitrogen and oxygen atoms in total. The highest BCUT2D eigenvalue weighted by molar-refractivity contribution is 7.99. The first-order valence-electron chi connectivity index (χ1n) is 6.27. The zero-order chi connectivity index (χ0) is 14.8. The maximum Gasteiger partial charge on any atom is 0.313 e. The zero-order valence-corrected chi connectivity index (χ0v) is 12.6. The number of benzene rings is 1. The Labute approximate surface area is 121 Å². The van der Waals surface area contributed by atoms with Crippen molar-refractivity contribution in [3.63, 3.8) is 0 Å². The summed E-state index contributed by atoms with van der Waals surface area (Å²) in [6, 6.07) is 7.80. The highest BCUT2D eigenvalue weighted by Crippen LogP contribution is 2.31. The summed E-state index contributed by atoms with van der Waals surface area (Å²) in [7, 11) is 1.66. The Morgan fingerprint density at radius 2 is 2.15 bits per heavy atom. The van der Waals surface area contributed by atoms with Crippen LogP contribution in [0.15, 0.2) is 29.4 Å². The number of fused-ring (bicyclic) bond motifs is 1. The number of thioether (sulfide) groups is 1. The zero-order valence-electron chi connectivity index (χ0n) is 11.8. The fourth-order valence-corrected chi connectivity index (χ4v) is 3.12. The van der Waals surface area contributed by atoms with E-state index >= 15 is 0 Å². The third-order valence-electron chi connectivity index (χ3n) is 2.96. The third-order valence-corrected chi connectivity index (χ3v) is 3.88. The third kappa shape index (κ3) is 2.96. The van der Waals surface area contributed by atoms with Crippen molar-refractivity contribution in [2.75, 3.05) is 19.5 Å². The molecule has 0 amide bonds. The molecule has 0 fully saturated rings. The number of rotatable bonds is 6. The van der Waals surface area contributed by atoms with Crippen LogP contribution in [0, 0.1) is 0 Å². The monoisotopic (exact) mass is 294 g/mol. The van der Waals surface area contributed by atoms with Gasteiger partial charge >= 0.3 is 5.97 Å². The van der Waals surface area contributed by atoms with Gasteiger partial charge in [0.2, 0.25) is 0 Å². The van der Waals surface area contributed by atoms with Gasteiger partial charge in [0.1, 0.15) is 0 Å². The van der Waals surface area contributed by atoms with Gasteiger partial charge in [-0.2, -0.15) is 0 Å². The molecular weight excluding hydrogens is 276 g/mol. The second-order valence-electron chi connectivity index (χ2n) is 5.15. The van der Waals surface area contributed by atoms with Crippen LogP contribution in [0.25, 0.3) is 11.0 Å². The molecule has 2 rings (SSSR count). The van der Waals surface area contributed by atoms with Crippen LogP contribution in [0.5, 0.6) is 0 Å². The van der Waals surface area contributed by atoms with Crippen LogP contribution in [0.1, 0.15) is 13.8 Å². The summed E-state index contributed by atoms with van der Waals surface area (Å²) in [5, 5.41) is 9.57. The van der Waals surface area contributed by atoms with Gasteiger partial charge in [-0.3, -0.25) is 4.79 Å². The van der Waals surface area contributed by atoms with Crippen molar-refractivity contribution in [3.8, 4) is 0 Å². The number of nitrogens with zero attached hydrogens (tertiary/aromatic N) is 2. The molecule has 1 aromatic heterocycles. The first-order chi connectivity index (χ1) is 9.45. The number of carboxylic acids is 1. The van der Waals surface area contributed by atoms with Gasteiger partial charge in [-0.15, -0.1) is 0 Å². The average Bonchev–Trinajstić information content (AvgIpc) is 2.75. The summed E-state index contributed by atoms with van der Waals surface area (Å²) in [6.07, 6.45) is 0. The molecule has 0 aliphatic heterocycles. The molecule has 0 bridgehead atoms. The van der Waals surface area contributed by atoms with Gasteiger partial charge in [-0.1, -0.05) is 23.9 Å². The number of hydrogen-bond donors (Lipinski definition) is 1. The van der Waals surface area contributed by atoms with Crippen LogP contribution >= 0.6 is 11.8 Å². The van der Waals surface area contributed by atoms with E-state index in [9.17, 15) is 4.79 Å². The summed E-state index contributed by atoms with van der Waals surface area (Å²) in [5.41, 5.74) is 1.55. The Balaban J connectivity index is 2.52. The number of carbonyl (C=O) groups is 1. The minimum absolute atomic E-state index is 0.00756. The van der Waals surface area contributed by atoms with E-state index in [1.165, 1.54) is 11.8 Å². The molecule has 0 spiro atoms. The molecule has 6 heteroatoms. The minimum atomic E-state index is -0.849. The smallest absolute Gasteiger partial charge is 0.313 e. The number of carboxylic acid groups (broad SMARTS) is 1. The van der Waals surface area contributed by atoms with Crippen molar-refractivity contribution < 1.29 is 14.6 Å². The number of para-hydroxylation sites is 2. The van der Waals surface area contributed by atoms with Crippen LogP contribution in [-0.4, -0.2) is 40.1 Å². The molecule has 1 aromatic carbocycles. The Kier molecular flexibility index (Phi) is 4.35. The molecule has 0 aliphatic rings. The van der Waals surface area contributed by atoms with Crippen LogP contribution in [0.4, 0.5) is 0 Å². The number of imidazole rings is 1. The predicted molar refractivity (Wildman–Crippen MR) is 79.3 cm³/mol. The van der Waals surface area contributed by atoms with Crippen molar-refractivity contribution in [2.24, 2.45) is 0 Å². The van der Waals surface area contributed by atoms with E-state index in [0.717, 1.165) is 11.0 Å². The van der Waals surface area contributed by atoms with Crippen LogP contribution in [0.3, 0.4) is 0 Å². The largest absolute Gasteiger partial charge is 0.481 e. The minimum Gasteiger partial charge on any atom is -0.481 e. The number of aliphatic carboxylic acids is 1. The summed E-state index contributed by atoms with van der Waals surface area (Å²) >= 11 is 1.23. The Bertz CT molecular complexity index is 622. The number of ether oxygens (including phenoxy) is 1. The molecule has 0 saturated carbocycles. The van der Waals surface area contributed by atoms with E-state index in [2.05, 4.69) is 23.4 Å². The molecule has 1 N–H and O–H groups in total. The lowest BCUT2D eigenvalue weighted by Crippen LogP contribution is -2.32. The van der Waals surface area contributed by atoms with Crippen molar-refractivity contribution in [3.05, 3.63) is 24.3 Å². The van der Waals surface area contributed by atoms with E-state index in [1.54, 1.807) is 7.11 Å². The number of methoxy groups -OCH3 is 1. The molecule has 108 valence electrons. The van der Waals surface area contributed by atoms with Gasteiger partial charge in [0.05, 0.1) is 28.9 Å². The highest BCUT2D eigenvalue weighted by atomic mass is 32.2. The first kappa shape index (κ1) is 14.9. The number of hydrogen-bond acceptors (Lipinski definition) is 4. The normalized spacial score (nSPS) is 11.9. The summed E-state index contributed by atoms with van der Waals surface area (Å²) in [4.78, 5) is 15.3. The van der Waals surface area contributed by atoms with E-state index in [0.29, 0.717) is 11.8 Å². The van der Waals surface area contributed by atoms with Gasteiger partial charge in [0, 0.05) is 7.11 Å². The van der Waals surface area contributed by atoms with Crippen molar-refractivity contribution in [1.82, 2.24) is 9.55 Å². The molecule has 0 unspecified atom stereocenters. The summed E-state index contributed by atoms with van der Waals surface area (Å²) in [5.74, 6) is -0.856. The molecule has 2 aromatic rings. The molecular formula is C14H18N2O3S. The molecule has 0 saturated heterocycles. The van der Waals surface area contributed by atoms with E-state index in [-0.39, 0.29) is 11.3 Å².